The molecule has 1 saturated carbocycles. The zero-order valence-electron chi connectivity index (χ0n) is 18.4. The maximum atomic E-state index is 13.2. The molecule has 0 unspecified atom stereocenters. The molecule has 32 heavy (non-hydrogen) atoms. The van der Waals surface area contributed by atoms with Crippen LogP contribution in [0.25, 0.3) is 0 Å². The predicted octanol–water partition coefficient (Wildman–Crippen LogP) is 7.64. The lowest BCUT2D eigenvalue weighted by atomic mass is 9.85. The van der Waals surface area contributed by atoms with Crippen molar-refractivity contribution in [3.63, 3.8) is 0 Å². The van der Waals surface area contributed by atoms with Crippen molar-refractivity contribution < 1.29 is 18.3 Å². The summed E-state index contributed by atoms with van der Waals surface area (Å²) in [6.07, 6.45) is 8.99. The number of hydrogen-bond donors (Lipinski definition) is 0. The molecular formula is C28H30F2O2. The van der Waals surface area contributed by atoms with Crippen molar-refractivity contribution in [1.82, 2.24) is 0 Å². The predicted molar refractivity (Wildman–Crippen MR) is 123 cm³/mol. The average Bonchev–Trinajstić information content (AvgIpc) is 2.83. The fourth-order valence-electron chi connectivity index (χ4n) is 4.27. The summed E-state index contributed by atoms with van der Waals surface area (Å²) in [5.74, 6) is 1.62. The SMILES string of the molecule is Fc1ccc(COc2ccc(CCC3CCCCC3)cc2OCc2ccc(F)cc2)cc1. The highest BCUT2D eigenvalue weighted by Gasteiger charge is 2.14. The van der Waals surface area contributed by atoms with E-state index in [9.17, 15) is 8.78 Å². The van der Waals surface area contributed by atoms with Crippen molar-refractivity contribution in [2.45, 2.75) is 58.2 Å². The molecule has 0 heterocycles. The summed E-state index contributed by atoms with van der Waals surface area (Å²) in [5.41, 5.74) is 3.01. The molecule has 1 aliphatic rings. The van der Waals surface area contributed by atoms with E-state index in [0.29, 0.717) is 24.7 Å². The topological polar surface area (TPSA) is 18.5 Å². The Balaban J connectivity index is 1.44. The second-order valence-corrected chi connectivity index (χ2v) is 8.65. The van der Waals surface area contributed by atoms with Crippen LogP contribution in [-0.2, 0) is 19.6 Å². The lowest BCUT2D eigenvalue weighted by Crippen LogP contribution is -2.07. The average molecular weight is 437 g/mol. The maximum absolute atomic E-state index is 13.2. The second kappa shape index (κ2) is 11.1. The number of aryl methyl sites for hydroxylation is 1. The molecule has 1 aliphatic carbocycles. The van der Waals surface area contributed by atoms with Crippen LogP contribution in [0.15, 0.2) is 66.7 Å². The van der Waals surface area contributed by atoms with Gasteiger partial charge in [0.25, 0.3) is 0 Å². The van der Waals surface area contributed by atoms with E-state index in [2.05, 4.69) is 12.1 Å². The molecule has 168 valence electrons. The molecule has 0 saturated heterocycles. The summed E-state index contributed by atoms with van der Waals surface area (Å²) in [4.78, 5) is 0. The molecule has 1 fully saturated rings. The van der Waals surface area contributed by atoms with E-state index in [-0.39, 0.29) is 11.6 Å². The minimum Gasteiger partial charge on any atom is -0.485 e. The Morgan fingerprint density at radius 2 is 1.16 bits per heavy atom. The third kappa shape index (κ3) is 6.56. The molecule has 0 bridgehead atoms. The summed E-state index contributed by atoms with van der Waals surface area (Å²) in [5, 5.41) is 0. The fraction of sp³-hybridized carbons (Fsp3) is 0.357. The van der Waals surface area contributed by atoms with Crippen molar-refractivity contribution in [2.24, 2.45) is 5.92 Å². The van der Waals surface area contributed by atoms with Crippen LogP contribution in [0.4, 0.5) is 8.78 Å². The summed E-state index contributed by atoms with van der Waals surface area (Å²) in [6, 6.07) is 18.7. The molecule has 0 atom stereocenters. The van der Waals surface area contributed by atoms with Crippen LogP contribution in [-0.4, -0.2) is 0 Å². The lowest BCUT2D eigenvalue weighted by molar-refractivity contribution is 0.255. The summed E-state index contributed by atoms with van der Waals surface area (Å²) >= 11 is 0. The molecule has 0 radical (unpaired) electrons. The first-order chi connectivity index (χ1) is 15.7. The van der Waals surface area contributed by atoms with E-state index in [4.69, 9.17) is 9.47 Å². The first-order valence-electron chi connectivity index (χ1n) is 11.5. The highest BCUT2D eigenvalue weighted by Crippen LogP contribution is 2.32. The monoisotopic (exact) mass is 436 g/mol. The minimum atomic E-state index is -0.264. The molecular weight excluding hydrogens is 406 g/mol. The van der Waals surface area contributed by atoms with E-state index in [0.717, 1.165) is 23.5 Å². The molecule has 4 rings (SSSR count). The van der Waals surface area contributed by atoms with Crippen LogP contribution in [0.5, 0.6) is 11.5 Å². The van der Waals surface area contributed by atoms with Gasteiger partial charge in [0.15, 0.2) is 11.5 Å². The van der Waals surface area contributed by atoms with Gasteiger partial charge in [0.05, 0.1) is 0 Å². The van der Waals surface area contributed by atoms with Gasteiger partial charge in [0.2, 0.25) is 0 Å². The molecule has 0 aromatic heterocycles. The van der Waals surface area contributed by atoms with E-state index >= 15 is 0 Å². The lowest BCUT2D eigenvalue weighted by Gasteiger charge is -2.21. The third-order valence-electron chi connectivity index (χ3n) is 6.19. The molecule has 2 nitrogen and oxygen atoms in total. The van der Waals surface area contributed by atoms with Crippen LogP contribution < -0.4 is 9.47 Å². The zero-order valence-corrected chi connectivity index (χ0v) is 18.4. The summed E-state index contributed by atoms with van der Waals surface area (Å²) in [6.45, 7) is 0.661. The smallest absolute Gasteiger partial charge is 0.161 e. The molecule has 0 aliphatic heterocycles. The summed E-state index contributed by atoms with van der Waals surface area (Å²) in [7, 11) is 0. The first kappa shape index (κ1) is 22.3. The number of ether oxygens (including phenoxy) is 2. The van der Waals surface area contributed by atoms with Gasteiger partial charge in [-0.25, -0.2) is 8.78 Å². The van der Waals surface area contributed by atoms with Crippen LogP contribution in [0.1, 0.15) is 55.2 Å². The van der Waals surface area contributed by atoms with E-state index in [1.165, 1.54) is 68.4 Å². The number of hydrogen-bond acceptors (Lipinski definition) is 2. The second-order valence-electron chi connectivity index (χ2n) is 8.65. The highest BCUT2D eigenvalue weighted by atomic mass is 19.1. The zero-order chi connectivity index (χ0) is 22.2. The van der Waals surface area contributed by atoms with Gasteiger partial charge in [-0.15, -0.1) is 0 Å². The van der Waals surface area contributed by atoms with Gasteiger partial charge in [-0.05, 0) is 71.8 Å². The van der Waals surface area contributed by atoms with Crippen LogP contribution >= 0.6 is 0 Å². The number of benzene rings is 3. The molecule has 4 heteroatoms. The van der Waals surface area contributed by atoms with Gasteiger partial charge in [-0.1, -0.05) is 62.4 Å². The molecule has 0 amide bonds. The minimum absolute atomic E-state index is 0.262. The normalized spacial score (nSPS) is 14.3. The Morgan fingerprint density at radius 1 is 0.625 bits per heavy atom. The Morgan fingerprint density at radius 3 is 1.75 bits per heavy atom. The van der Waals surface area contributed by atoms with Gasteiger partial charge in [-0.2, -0.15) is 0 Å². The molecule has 0 N–H and O–H groups in total. The van der Waals surface area contributed by atoms with Gasteiger partial charge >= 0.3 is 0 Å². The van der Waals surface area contributed by atoms with Crippen molar-refractivity contribution in [3.8, 4) is 11.5 Å². The Bertz CT molecular complexity index is 977. The number of rotatable bonds is 9. The fourth-order valence-corrected chi connectivity index (χ4v) is 4.27. The highest BCUT2D eigenvalue weighted by molar-refractivity contribution is 5.43. The van der Waals surface area contributed by atoms with Crippen LogP contribution in [0.2, 0.25) is 0 Å². The molecule has 3 aromatic carbocycles. The van der Waals surface area contributed by atoms with Gasteiger partial charge in [0.1, 0.15) is 24.8 Å². The Hall–Kier alpha value is -2.88. The van der Waals surface area contributed by atoms with E-state index in [1.54, 1.807) is 24.3 Å². The quantitative estimate of drug-likeness (QED) is 0.343. The molecule has 3 aromatic rings. The Kier molecular flexibility index (Phi) is 7.76. The standard InChI is InChI=1S/C28H30F2O2/c29-25-13-8-23(9-14-25)19-31-27-17-12-22(7-6-21-4-2-1-3-5-21)18-28(27)32-20-24-10-15-26(30)16-11-24/h8-18,21H,1-7,19-20H2. The van der Waals surface area contributed by atoms with Gasteiger partial charge in [0, 0.05) is 0 Å². The van der Waals surface area contributed by atoms with Crippen molar-refractivity contribution in [2.75, 3.05) is 0 Å². The van der Waals surface area contributed by atoms with Crippen molar-refractivity contribution >= 4 is 0 Å². The van der Waals surface area contributed by atoms with Crippen molar-refractivity contribution in [3.05, 3.63) is 95.1 Å². The third-order valence-corrected chi connectivity index (χ3v) is 6.19. The largest absolute Gasteiger partial charge is 0.485 e. The summed E-state index contributed by atoms with van der Waals surface area (Å²) < 4.78 is 38.5. The Labute approximate surface area is 189 Å². The van der Waals surface area contributed by atoms with Crippen LogP contribution in [0.3, 0.4) is 0 Å². The van der Waals surface area contributed by atoms with Gasteiger partial charge in [-0.3, -0.25) is 0 Å². The first-order valence-corrected chi connectivity index (χ1v) is 11.5. The molecule has 0 spiro atoms. The van der Waals surface area contributed by atoms with E-state index < -0.39 is 0 Å². The maximum Gasteiger partial charge on any atom is 0.161 e. The van der Waals surface area contributed by atoms with Gasteiger partial charge < -0.3 is 9.47 Å². The van der Waals surface area contributed by atoms with Crippen molar-refractivity contribution in [1.29, 1.82) is 0 Å². The van der Waals surface area contributed by atoms with E-state index in [1.807, 2.05) is 6.07 Å². The van der Waals surface area contributed by atoms with Crippen LogP contribution in [0, 0.1) is 17.6 Å². The number of halogens is 2.